The number of amides is 2. The van der Waals surface area contributed by atoms with E-state index >= 15 is 0 Å². The number of ether oxygens (including phenoxy) is 1. The Labute approximate surface area is 185 Å². The lowest BCUT2D eigenvalue weighted by molar-refractivity contribution is -0.156. The zero-order chi connectivity index (χ0) is 23.7. The average molecular weight is 467 g/mol. The molecule has 1 aliphatic heterocycles. The van der Waals surface area contributed by atoms with Crippen LogP contribution in [0.15, 0.2) is 47.4 Å². The van der Waals surface area contributed by atoms with Crippen molar-refractivity contribution in [2.75, 3.05) is 6.54 Å². The molecule has 2 aromatic carbocycles. The van der Waals surface area contributed by atoms with Crippen LogP contribution in [0.25, 0.3) is 0 Å². The van der Waals surface area contributed by atoms with Crippen LogP contribution < -0.4 is 9.46 Å². The van der Waals surface area contributed by atoms with Crippen LogP contribution in [0.3, 0.4) is 0 Å². The van der Waals surface area contributed by atoms with E-state index in [9.17, 15) is 26.8 Å². The lowest BCUT2D eigenvalue weighted by Crippen LogP contribution is -2.68. The van der Waals surface area contributed by atoms with Gasteiger partial charge in [-0.05, 0) is 44.9 Å². The van der Waals surface area contributed by atoms with E-state index in [2.05, 4.69) is 4.74 Å². The van der Waals surface area contributed by atoms with E-state index in [1.807, 2.05) is 36.8 Å². The van der Waals surface area contributed by atoms with Gasteiger partial charge < -0.3 is 9.64 Å². The molecular weight excluding hydrogens is 442 g/mol. The Kier molecular flexibility index (Phi) is 6.54. The van der Waals surface area contributed by atoms with Crippen molar-refractivity contribution in [3.63, 3.8) is 0 Å². The van der Waals surface area contributed by atoms with Crippen molar-refractivity contribution in [2.45, 2.75) is 50.7 Å². The molecule has 172 valence electrons. The number of hydrogen-bond donors (Lipinski definition) is 1. The van der Waals surface area contributed by atoms with Crippen molar-refractivity contribution in [3.8, 4) is 5.75 Å². The average Bonchev–Trinajstić information content (AvgIpc) is 2.64. The highest BCUT2D eigenvalue weighted by Gasteiger charge is 2.50. The van der Waals surface area contributed by atoms with E-state index in [0.29, 0.717) is 13.0 Å². The van der Waals surface area contributed by atoms with Gasteiger partial charge in [0.1, 0.15) is 11.3 Å². The van der Waals surface area contributed by atoms with E-state index < -0.39 is 33.0 Å². The van der Waals surface area contributed by atoms with Crippen LogP contribution in [0.1, 0.15) is 30.0 Å². The minimum absolute atomic E-state index is 0.0884. The Hall–Kier alpha value is -3.01. The van der Waals surface area contributed by atoms with Crippen molar-refractivity contribution in [3.05, 3.63) is 59.2 Å². The first-order valence-electron chi connectivity index (χ1n) is 9.90. The summed E-state index contributed by atoms with van der Waals surface area (Å²) in [6, 6.07) is 10.2. The normalized spacial score (nSPS) is 18.2. The summed E-state index contributed by atoms with van der Waals surface area (Å²) in [6.45, 7) is 2.55. The molecule has 0 spiro atoms. The summed E-state index contributed by atoms with van der Waals surface area (Å²) in [5.41, 5.74) is 1.51. The maximum Gasteiger partial charge on any atom is 0.387 e. The number of hydrogen-bond acceptors (Lipinski definition) is 5. The molecule has 0 radical (unpaired) electrons. The molecule has 2 amide bonds. The third-order valence-corrected chi connectivity index (χ3v) is 6.74. The van der Waals surface area contributed by atoms with Crippen molar-refractivity contribution >= 4 is 21.8 Å². The topological polar surface area (TPSA) is 92.8 Å². The highest BCUT2D eigenvalue weighted by molar-refractivity contribution is 7.90. The molecule has 7 nitrogen and oxygen atoms in total. The summed E-state index contributed by atoms with van der Waals surface area (Å²) in [5.74, 6) is -1.50. The minimum Gasteiger partial charge on any atom is -0.435 e. The van der Waals surface area contributed by atoms with Crippen molar-refractivity contribution in [1.29, 1.82) is 0 Å². The number of carbonyl (C=O) groups excluding carboxylic acids is 2. The van der Waals surface area contributed by atoms with Crippen LogP contribution in [0.5, 0.6) is 5.75 Å². The van der Waals surface area contributed by atoms with Crippen LogP contribution >= 0.6 is 0 Å². The Morgan fingerprint density at radius 2 is 1.81 bits per heavy atom. The molecule has 1 atom stereocenters. The van der Waals surface area contributed by atoms with Crippen molar-refractivity contribution in [2.24, 2.45) is 0 Å². The number of aryl methyl sites for hydroxylation is 2. The fourth-order valence-corrected chi connectivity index (χ4v) is 4.86. The second-order valence-corrected chi connectivity index (χ2v) is 9.71. The molecule has 1 unspecified atom stereocenters. The highest BCUT2D eigenvalue weighted by Crippen LogP contribution is 2.32. The summed E-state index contributed by atoms with van der Waals surface area (Å²) in [5, 5.41) is 0. The predicted molar refractivity (Wildman–Crippen MR) is 113 cm³/mol. The number of likely N-dealkylation sites (tertiary alicyclic amines) is 1. The number of rotatable bonds is 7. The number of alkyl halides is 2. The van der Waals surface area contributed by atoms with Gasteiger partial charge in [0.25, 0.3) is 15.9 Å². The van der Waals surface area contributed by atoms with Gasteiger partial charge in [-0.2, -0.15) is 8.78 Å². The lowest BCUT2D eigenvalue weighted by Gasteiger charge is -2.49. The van der Waals surface area contributed by atoms with Gasteiger partial charge in [0.15, 0.2) is 0 Å². The quantitative estimate of drug-likeness (QED) is 0.677. The number of nitrogens with zero attached hydrogens (tertiary/aromatic N) is 1. The molecule has 1 heterocycles. The summed E-state index contributed by atoms with van der Waals surface area (Å²) in [6.07, 6.45) is 0.382. The maximum absolute atomic E-state index is 12.8. The Balaban J connectivity index is 1.73. The van der Waals surface area contributed by atoms with E-state index in [1.165, 1.54) is 24.0 Å². The van der Waals surface area contributed by atoms with Gasteiger partial charge in [-0.3, -0.25) is 9.59 Å². The minimum atomic E-state index is -4.36. The molecule has 3 rings (SSSR count). The standard InChI is InChI=1S/C22H24F2N2O5S/c1-14-9-15(2)11-16(10-14)12-19(27)26-8-7-22(26,3)20(28)25-32(29,30)18-6-4-5-17(13-18)31-21(23)24/h4-6,9-11,13,21H,7-8,12H2,1-3H3,(H,25,28). The Bertz CT molecular complexity index is 1130. The molecule has 0 bridgehead atoms. The SMILES string of the molecule is Cc1cc(C)cc(CC(=O)N2CCC2(C)C(=O)NS(=O)(=O)c2cccc(OC(F)F)c2)c1. The van der Waals surface area contributed by atoms with Crippen LogP contribution in [-0.4, -0.2) is 43.8 Å². The Morgan fingerprint density at radius 1 is 1.16 bits per heavy atom. The summed E-state index contributed by atoms with van der Waals surface area (Å²) < 4.78 is 56.3. The van der Waals surface area contributed by atoms with Crippen LogP contribution in [0, 0.1) is 13.8 Å². The molecule has 0 aliphatic carbocycles. The van der Waals surface area contributed by atoms with Crippen molar-refractivity contribution in [1.82, 2.24) is 9.62 Å². The smallest absolute Gasteiger partial charge is 0.387 e. The van der Waals surface area contributed by atoms with Gasteiger partial charge in [0.2, 0.25) is 5.91 Å². The third-order valence-electron chi connectivity index (χ3n) is 5.41. The first-order valence-corrected chi connectivity index (χ1v) is 11.4. The largest absolute Gasteiger partial charge is 0.435 e. The number of carbonyl (C=O) groups is 2. The third kappa shape index (κ3) is 5.07. The molecule has 1 saturated heterocycles. The molecule has 32 heavy (non-hydrogen) atoms. The van der Waals surface area contributed by atoms with Crippen molar-refractivity contribution < 1.29 is 31.5 Å². The number of sulfonamides is 1. The van der Waals surface area contributed by atoms with E-state index in [-0.39, 0.29) is 18.1 Å². The second-order valence-electron chi connectivity index (χ2n) is 8.03. The van der Waals surface area contributed by atoms with Gasteiger partial charge in [0, 0.05) is 12.6 Å². The van der Waals surface area contributed by atoms with Gasteiger partial charge in [0.05, 0.1) is 11.3 Å². The number of halogens is 2. The molecule has 0 aromatic heterocycles. The van der Waals surface area contributed by atoms with Gasteiger partial charge >= 0.3 is 6.61 Å². The summed E-state index contributed by atoms with van der Waals surface area (Å²) in [4.78, 5) is 26.6. The monoisotopic (exact) mass is 466 g/mol. The first-order chi connectivity index (χ1) is 14.9. The summed E-state index contributed by atoms with van der Waals surface area (Å²) in [7, 11) is -4.36. The summed E-state index contributed by atoms with van der Waals surface area (Å²) >= 11 is 0. The first kappa shape index (κ1) is 23.6. The van der Waals surface area contributed by atoms with E-state index in [4.69, 9.17) is 0 Å². The van der Waals surface area contributed by atoms with Gasteiger partial charge in [-0.15, -0.1) is 0 Å². The van der Waals surface area contributed by atoms with E-state index in [1.54, 1.807) is 0 Å². The van der Waals surface area contributed by atoms with Crippen LogP contribution in [0.4, 0.5) is 8.78 Å². The van der Waals surface area contributed by atoms with E-state index in [0.717, 1.165) is 28.8 Å². The molecule has 1 fully saturated rings. The number of nitrogens with one attached hydrogen (secondary N) is 1. The molecule has 0 saturated carbocycles. The predicted octanol–water partition coefficient (Wildman–Crippen LogP) is 2.94. The molecule has 10 heteroatoms. The second kappa shape index (κ2) is 8.85. The fourth-order valence-electron chi connectivity index (χ4n) is 3.74. The van der Waals surface area contributed by atoms with Crippen LogP contribution in [0.2, 0.25) is 0 Å². The lowest BCUT2D eigenvalue weighted by atomic mass is 9.85. The fraction of sp³-hybridized carbons (Fsp3) is 0.364. The molecule has 1 aliphatic rings. The van der Waals surface area contributed by atoms with Crippen LogP contribution in [-0.2, 0) is 26.0 Å². The molecular formula is C22H24F2N2O5S. The maximum atomic E-state index is 12.8. The zero-order valence-electron chi connectivity index (χ0n) is 17.9. The highest BCUT2D eigenvalue weighted by atomic mass is 32.2. The zero-order valence-corrected chi connectivity index (χ0v) is 18.7. The number of benzene rings is 2. The van der Waals surface area contributed by atoms with Gasteiger partial charge in [-0.25, -0.2) is 13.1 Å². The van der Waals surface area contributed by atoms with Gasteiger partial charge in [-0.1, -0.05) is 35.4 Å². The molecule has 2 aromatic rings. The Morgan fingerprint density at radius 3 is 2.38 bits per heavy atom. The molecule has 1 N–H and O–H groups in total.